The summed E-state index contributed by atoms with van der Waals surface area (Å²) in [7, 11) is 4.84. The van der Waals surface area contributed by atoms with Crippen LogP contribution in [0.2, 0.25) is 0 Å². The number of anilines is 1. The van der Waals surface area contributed by atoms with E-state index in [1.807, 2.05) is 12.1 Å². The number of pyridine rings is 1. The second-order valence-corrected chi connectivity index (χ2v) is 6.81. The van der Waals surface area contributed by atoms with Gasteiger partial charge in [0, 0.05) is 30.5 Å². The van der Waals surface area contributed by atoms with Crippen molar-refractivity contribution in [3.05, 3.63) is 42.2 Å². The van der Waals surface area contributed by atoms with Crippen LogP contribution in [0, 0.1) is 5.92 Å². The summed E-state index contributed by atoms with van der Waals surface area (Å²) in [5.74, 6) is 2.02. The largest absolute Gasteiger partial charge is 0.493 e. The third-order valence-corrected chi connectivity index (χ3v) is 5.04. The maximum atomic E-state index is 12.5. The summed E-state index contributed by atoms with van der Waals surface area (Å²) in [5, 5.41) is 2.97. The van der Waals surface area contributed by atoms with E-state index >= 15 is 0 Å². The lowest BCUT2D eigenvalue weighted by Crippen LogP contribution is -2.37. The van der Waals surface area contributed by atoms with Gasteiger partial charge in [-0.3, -0.25) is 14.7 Å². The van der Waals surface area contributed by atoms with Crippen LogP contribution in [-0.4, -0.2) is 50.2 Å². The second-order valence-electron chi connectivity index (χ2n) is 6.81. The van der Waals surface area contributed by atoms with Crippen LogP contribution >= 0.6 is 0 Å². The Balaban J connectivity index is 1.57. The van der Waals surface area contributed by atoms with Crippen LogP contribution in [0.1, 0.15) is 18.4 Å². The number of hydrogen-bond acceptors (Lipinski definition) is 6. The minimum Gasteiger partial charge on any atom is -0.493 e. The molecule has 1 fully saturated rings. The number of likely N-dealkylation sites (tertiary alicyclic amines) is 1. The van der Waals surface area contributed by atoms with Crippen molar-refractivity contribution < 1.29 is 19.0 Å². The van der Waals surface area contributed by atoms with Crippen molar-refractivity contribution in [3.8, 4) is 17.2 Å². The number of piperidine rings is 1. The topological polar surface area (TPSA) is 72.9 Å². The van der Waals surface area contributed by atoms with E-state index in [4.69, 9.17) is 14.2 Å². The van der Waals surface area contributed by atoms with Crippen LogP contribution in [0.15, 0.2) is 36.7 Å². The predicted molar refractivity (Wildman–Crippen MR) is 107 cm³/mol. The van der Waals surface area contributed by atoms with Gasteiger partial charge >= 0.3 is 0 Å². The van der Waals surface area contributed by atoms with Crippen molar-refractivity contribution in [3.63, 3.8) is 0 Å². The van der Waals surface area contributed by atoms with E-state index < -0.39 is 0 Å². The van der Waals surface area contributed by atoms with Crippen molar-refractivity contribution in [2.24, 2.45) is 5.92 Å². The zero-order valence-corrected chi connectivity index (χ0v) is 16.6. The van der Waals surface area contributed by atoms with E-state index in [2.05, 4.69) is 15.2 Å². The van der Waals surface area contributed by atoms with Gasteiger partial charge in [-0.2, -0.15) is 0 Å². The number of hydrogen-bond donors (Lipinski definition) is 1. The molecular formula is C21H27N3O4. The minimum absolute atomic E-state index is 0.0318. The Morgan fingerprint density at radius 1 is 1.07 bits per heavy atom. The highest BCUT2D eigenvalue weighted by Gasteiger charge is 2.25. The molecule has 1 aliphatic heterocycles. The summed E-state index contributed by atoms with van der Waals surface area (Å²) in [6, 6.07) is 7.56. The first-order chi connectivity index (χ1) is 13.6. The van der Waals surface area contributed by atoms with Gasteiger partial charge in [0.2, 0.25) is 11.7 Å². The molecule has 1 aliphatic rings. The lowest BCUT2D eigenvalue weighted by atomic mass is 9.95. The zero-order chi connectivity index (χ0) is 19.9. The molecule has 150 valence electrons. The number of methoxy groups -OCH3 is 3. The Kier molecular flexibility index (Phi) is 6.71. The number of amides is 1. The fourth-order valence-corrected chi connectivity index (χ4v) is 3.52. The summed E-state index contributed by atoms with van der Waals surface area (Å²) in [6.07, 6.45) is 5.02. The van der Waals surface area contributed by atoms with Gasteiger partial charge in [-0.05, 0) is 55.8 Å². The Morgan fingerprint density at radius 3 is 2.21 bits per heavy atom. The zero-order valence-electron chi connectivity index (χ0n) is 16.6. The van der Waals surface area contributed by atoms with Crippen molar-refractivity contribution in [2.45, 2.75) is 19.4 Å². The lowest BCUT2D eigenvalue weighted by molar-refractivity contribution is -0.121. The molecule has 0 aliphatic carbocycles. The van der Waals surface area contributed by atoms with Crippen molar-refractivity contribution in [1.82, 2.24) is 9.88 Å². The van der Waals surface area contributed by atoms with Crippen LogP contribution in [0.25, 0.3) is 0 Å². The van der Waals surface area contributed by atoms with Crippen molar-refractivity contribution >= 4 is 11.6 Å². The van der Waals surface area contributed by atoms with E-state index in [-0.39, 0.29) is 11.8 Å². The highest BCUT2D eigenvalue weighted by atomic mass is 16.5. The van der Waals surface area contributed by atoms with Gasteiger partial charge in [-0.15, -0.1) is 0 Å². The number of rotatable bonds is 7. The highest BCUT2D eigenvalue weighted by molar-refractivity contribution is 5.92. The van der Waals surface area contributed by atoms with Gasteiger partial charge in [-0.1, -0.05) is 0 Å². The van der Waals surface area contributed by atoms with E-state index in [1.54, 1.807) is 45.9 Å². The molecule has 0 unspecified atom stereocenters. The molecule has 7 nitrogen and oxygen atoms in total. The lowest BCUT2D eigenvalue weighted by Gasteiger charge is -2.31. The quantitative estimate of drug-likeness (QED) is 0.790. The Hall–Kier alpha value is -2.80. The summed E-state index contributed by atoms with van der Waals surface area (Å²) < 4.78 is 16.2. The summed E-state index contributed by atoms with van der Waals surface area (Å²) >= 11 is 0. The van der Waals surface area contributed by atoms with Crippen LogP contribution in [0.3, 0.4) is 0 Å². The third-order valence-electron chi connectivity index (χ3n) is 5.04. The fraction of sp³-hybridized carbons (Fsp3) is 0.429. The van der Waals surface area contributed by atoms with Gasteiger partial charge in [0.15, 0.2) is 11.5 Å². The molecule has 2 heterocycles. The van der Waals surface area contributed by atoms with E-state index in [0.717, 1.165) is 43.7 Å². The molecule has 3 rings (SSSR count). The molecule has 2 aromatic rings. The maximum Gasteiger partial charge on any atom is 0.227 e. The van der Waals surface area contributed by atoms with Crippen molar-refractivity contribution in [1.29, 1.82) is 0 Å². The van der Waals surface area contributed by atoms with Crippen LogP contribution < -0.4 is 19.5 Å². The molecule has 1 aromatic carbocycles. The molecule has 1 saturated heterocycles. The van der Waals surface area contributed by atoms with Crippen LogP contribution in [-0.2, 0) is 11.3 Å². The maximum absolute atomic E-state index is 12.5. The number of ether oxygens (including phenoxy) is 3. The summed E-state index contributed by atoms with van der Waals surface area (Å²) in [5.41, 5.74) is 1.88. The summed E-state index contributed by atoms with van der Waals surface area (Å²) in [6.45, 7) is 2.51. The standard InChI is InChI=1S/C21H27N3O4/c1-26-18-12-15(13-19(27-2)20(18)28-3)14-24-10-6-16(7-11-24)21(25)23-17-4-8-22-9-5-17/h4-5,8-9,12-13,16H,6-7,10-11,14H2,1-3H3,(H,22,23,25). The molecule has 0 saturated carbocycles. The van der Waals surface area contributed by atoms with Gasteiger partial charge in [0.1, 0.15) is 0 Å². The first kappa shape index (κ1) is 19.9. The molecule has 28 heavy (non-hydrogen) atoms. The number of aromatic nitrogens is 1. The minimum atomic E-state index is 0.0318. The monoisotopic (exact) mass is 385 g/mol. The molecule has 0 spiro atoms. The van der Waals surface area contributed by atoms with E-state index in [1.165, 1.54) is 0 Å². The first-order valence-electron chi connectivity index (χ1n) is 9.36. The molecule has 0 radical (unpaired) electrons. The Labute approximate surface area is 165 Å². The SMILES string of the molecule is COc1cc(CN2CCC(C(=O)Nc3ccncc3)CC2)cc(OC)c1OC. The van der Waals surface area contributed by atoms with Gasteiger partial charge < -0.3 is 19.5 Å². The number of carbonyl (C=O) groups excluding carboxylic acids is 1. The van der Waals surface area contributed by atoms with Crippen LogP contribution in [0.5, 0.6) is 17.2 Å². The van der Waals surface area contributed by atoms with E-state index in [0.29, 0.717) is 17.2 Å². The molecule has 1 aromatic heterocycles. The van der Waals surface area contributed by atoms with Crippen molar-refractivity contribution in [2.75, 3.05) is 39.7 Å². The molecule has 7 heteroatoms. The Bertz CT molecular complexity index is 764. The average molecular weight is 385 g/mol. The van der Waals surface area contributed by atoms with Gasteiger partial charge in [-0.25, -0.2) is 0 Å². The van der Waals surface area contributed by atoms with E-state index in [9.17, 15) is 4.79 Å². The first-order valence-corrected chi connectivity index (χ1v) is 9.36. The molecule has 1 amide bonds. The fourth-order valence-electron chi connectivity index (χ4n) is 3.52. The predicted octanol–water partition coefficient (Wildman–Crippen LogP) is 2.96. The molecule has 0 bridgehead atoms. The molecule has 0 atom stereocenters. The smallest absolute Gasteiger partial charge is 0.227 e. The molecule has 1 N–H and O–H groups in total. The second kappa shape index (κ2) is 9.41. The normalized spacial score (nSPS) is 15.1. The third kappa shape index (κ3) is 4.72. The molecular weight excluding hydrogens is 358 g/mol. The highest BCUT2D eigenvalue weighted by Crippen LogP contribution is 2.38. The number of nitrogens with zero attached hydrogens (tertiary/aromatic N) is 2. The van der Waals surface area contributed by atoms with Gasteiger partial charge in [0.05, 0.1) is 21.3 Å². The number of benzene rings is 1. The number of nitrogens with one attached hydrogen (secondary N) is 1. The Morgan fingerprint density at radius 2 is 1.68 bits per heavy atom. The van der Waals surface area contributed by atoms with Crippen LogP contribution in [0.4, 0.5) is 5.69 Å². The van der Waals surface area contributed by atoms with Gasteiger partial charge in [0.25, 0.3) is 0 Å². The average Bonchev–Trinajstić information content (AvgIpc) is 2.74. The number of carbonyl (C=O) groups is 1. The summed E-state index contributed by atoms with van der Waals surface area (Å²) in [4.78, 5) is 18.8.